The quantitative estimate of drug-likeness (QED) is 0.737. The van der Waals surface area contributed by atoms with E-state index in [2.05, 4.69) is 4.98 Å². The molecule has 0 amide bonds. The number of hydrogen-bond donors (Lipinski definition) is 1. The number of benzene rings is 1. The molecule has 0 spiro atoms. The highest BCUT2D eigenvalue weighted by atomic mass is 16.2. The minimum atomic E-state index is -0.270. The summed E-state index contributed by atoms with van der Waals surface area (Å²) in [6, 6.07) is 9.07. The standard InChI is InChI=1S/C16H15N3O2/c20-15-14-10-17-12-8-4-5-9-13(12)19(14)16(21)18(15)11-6-2-1-3-7-11/h1-3,6-7,10,17H,4-5,8-9H2. The molecule has 1 aromatic rings. The minimum absolute atomic E-state index is 0.268. The van der Waals surface area contributed by atoms with Crippen LogP contribution in [0.25, 0.3) is 11.4 Å². The van der Waals surface area contributed by atoms with Crippen molar-refractivity contribution in [1.29, 1.82) is 0 Å². The van der Waals surface area contributed by atoms with Crippen molar-refractivity contribution in [2.24, 2.45) is 0 Å². The molecule has 0 aromatic heterocycles. The second-order valence-electron chi connectivity index (χ2n) is 5.40. The number of rotatable bonds is 1. The number of para-hydroxylation sites is 1. The van der Waals surface area contributed by atoms with Gasteiger partial charge in [0.25, 0.3) is 5.56 Å². The number of aryl methyl sites for hydroxylation is 1. The van der Waals surface area contributed by atoms with E-state index in [1.54, 1.807) is 22.9 Å². The largest absolute Gasteiger partial charge is 0.362 e. The predicted octanol–water partition coefficient (Wildman–Crippen LogP) is 1.63. The Bertz CT molecular complexity index is 886. The summed E-state index contributed by atoms with van der Waals surface area (Å²) in [6.07, 6.45) is 5.60. The number of aromatic amines is 1. The van der Waals surface area contributed by atoms with E-state index in [1.807, 2.05) is 18.2 Å². The van der Waals surface area contributed by atoms with Gasteiger partial charge in [-0.3, -0.25) is 9.36 Å². The molecule has 1 N–H and O–H groups in total. The lowest BCUT2D eigenvalue weighted by atomic mass is 10.00. The van der Waals surface area contributed by atoms with Gasteiger partial charge in [0.2, 0.25) is 0 Å². The number of imidazole rings is 1. The Morgan fingerprint density at radius 1 is 0.952 bits per heavy atom. The van der Waals surface area contributed by atoms with Crippen molar-refractivity contribution >= 4 is 0 Å². The van der Waals surface area contributed by atoms with Crippen LogP contribution < -0.4 is 11.2 Å². The van der Waals surface area contributed by atoms with Gasteiger partial charge in [0.1, 0.15) is 5.69 Å². The second kappa shape index (κ2) is 4.48. The SMILES string of the molecule is O=c1c2c[nH]c3c(n-2c(=O)n1-c1ccccc1)CCCC3. The van der Waals surface area contributed by atoms with Crippen LogP contribution in [0.4, 0.5) is 0 Å². The van der Waals surface area contributed by atoms with Crippen LogP contribution >= 0.6 is 0 Å². The fourth-order valence-electron chi connectivity index (χ4n) is 3.14. The maximum absolute atomic E-state index is 12.7. The molecular formula is C16H15N3O2. The first-order valence-electron chi connectivity index (χ1n) is 7.20. The second-order valence-corrected chi connectivity index (χ2v) is 5.40. The van der Waals surface area contributed by atoms with E-state index in [0.717, 1.165) is 37.1 Å². The Hall–Kier alpha value is -2.56. The van der Waals surface area contributed by atoms with Gasteiger partial charge in [0, 0.05) is 17.6 Å². The summed E-state index contributed by atoms with van der Waals surface area (Å²) in [5, 5.41) is 0. The van der Waals surface area contributed by atoms with Crippen molar-refractivity contribution in [3.8, 4) is 11.4 Å². The van der Waals surface area contributed by atoms with E-state index in [1.165, 1.54) is 4.57 Å². The molecule has 2 aliphatic heterocycles. The Kier molecular flexibility index (Phi) is 2.60. The third kappa shape index (κ3) is 1.70. The topological polar surface area (TPSA) is 59.8 Å². The molecule has 0 radical (unpaired) electrons. The molecule has 1 aromatic carbocycles. The first-order chi connectivity index (χ1) is 10.3. The van der Waals surface area contributed by atoms with Crippen molar-refractivity contribution in [3.63, 3.8) is 0 Å². The number of fused-ring (bicyclic) bond motifs is 3. The molecule has 0 fully saturated rings. The predicted molar refractivity (Wildman–Crippen MR) is 79.8 cm³/mol. The summed E-state index contributed by atoms with van der Waals surface area (Å²) in [6.45, 7) is 0. The Labute approximate surface area is 120 Å². The third-order valence-corrected chi connectivity index (χ3v) is 4.15. The van der Waals surface area contributed by atoms with Crippen LogP contribution in [-0.2, 0) is 12.8 Å². The average molecular weight is 281 g/mol. The molecule has 5 nitrogen and oxygen atoms in total. The average Bonchev–Trinajstić information content (AvgIpc) is 2.80. The number of nitrogens with zero attached hydrogens (tertiary/aromatic N) is 2. The first-order valence-corrected chi connectivity index (χ1v) is 7.20. The van der Waals surface area contributed by atoms with Crippen molar-refractivity contribution in [3.05, 3.63) is 68.8 Å². The van der Waals surface area contributed by atoms with Crippen molar-refractivity contribution < 1.29 is 0 Å². The molecule has 2 heterocycles. The van der Waals surface area contributed by atoms with Crippen LogP contribution in [-0.4, -0.2) is 14.1 Å². The van der Waals surface area contributed by atoms with Gasteiger partial charge in [0.05, 0.1) is 5.69 Å². The normalized spacial score (nSPS) is 14.3. The summed E-state index contributed by atoms with van der Waals surface area (Å²) in [4.78, 5) is 28.5. The highest BCUT2D eigenvalue weighted by molar-refractivity contribution is 5.40. The molecule has 21 heavy (non-hydrogen) atoms. The number of H-pyrrole nitrogens is 1. The lowest BCUT2D eigenvalue weighted by molar-refractivity contribution is 0.625. The van der Waals surface area contributed by atoms with Gasteiger partial charge >= 0.3 is 5.69 Å². The molecule has 1 aliphatic carbocycles. The van der Waals surface area contributed by atoms with E-state index in [-0.39, 0.29) is 11.2 Å². The van der Waals surface area contributed by atoms with E-state index >= 15 is 0 Å². The van der Waals surface area contributed by atoms with E-state index in [9.17, 15) is 9.59 Å². The maximum Gasteiger partial charge on any atom is 0.340 e. The lowest BCUT2D eigenvalue weighted by Crippen LogP contribution is -2.27. The van der Waals surface area contributed by atoms with Gasteiger partial charge in [0.15, 0.2) is 0 Å². The Balaban J connectivity index is 2.09. The zero-order valence-corrected chi connectivity index (χ0v) is 11.5. The molecule has 106 valence electrons. The lowest BCUT2D eigenvalue weighted by Gasteiger charge is -2.18. The van der Waals surface area contributed by atoms with Crippen LogP contribution in [0.2, 0.25) is 0 Å². The molecule has 5 heteroatoms. The van der Waals surface area contributed by atoms with Crippen LogP contribution in [0.15, 0.2) is 46.1 Å². The van der Waals surface area contributed by atoms with E-state index < -0.39 is 0 Å². The summed E-state index contributed by atoms with van der Waals surface area (Å²) in [5.41, 5.74) is 2.52. The first kappa shape index (κ1) is 12.2. The summed E-state index contributed by atoms with van der Waals surface area (Å²) in [5.74, 6) is 0. The number of nitrogens with one attached hydrogen (secondary N) is 1. The fourth-order valence-corrected chi connectivity index (χ4v) is 3.14. The van der Waals surface area contributed by atoms with Gasteiger partial charge in [-0.15, -0.1) is 0 Å². The van der Waals surface area contributed by atoms with Crippen molar-refractivity contribution in [2.45, 2.75) is 25.7 Å². The van der Waals surface area contributed by atoms with Gasteiger partial charge < -0.3 is 4.98 Å². The molecule has 0 saturated heterocycles. The fraction of sp³-hybridized carbons (Fsp3) is 0.250. The Morgan fingerprint density at radius 3 is 2.52 bits per heavy atom. The summed E-state index contributed by atoms with van der Waals surface area (Å²) < 4.78 is 2.83. The number of hydrogen-bond acceptors (Lipinski definition) is 2. The molecular weight excluding hydrogens is 266 g/mol. The summed E-state index contributed by atoms with van der Waals surface area (Å²) >= 11 is 0. The highest BCUT2D eigenvalue weighted by Crippen LogP contribution is 2.21. The third-order valence-electron chi connectivity index (χ3n) is 4.15. The zero-order chi connectivity index (χ0) is 14.4. The minimum Gasteiger partial charge on any atom is -0.362 e. The zero-order valence-electron chi connectivity index (χ0n) is 11.5. The molecule has 0 atom stereocenters. The van der Waals surface area contributed by atoms with Crippen LogP contribution in [0, 0.1) is 0 Å². The van der Waals surface area contributed by atoms with Crippen molar-refractivity contribution in [1.82, 2.24) is 14.1 Å². The van der Waals surface area contributed by atoms with Gasteiger partial charge in [-0.2, -0.15) is 0 Å². The maximum atomic E-state index is 12.7. The molecule has 0 unspecified atom stereocenters. The van der Waals surface area contributed by atoms with E-state index in [4.69, 9.17) is 0 Å². The van der Waals surface area contributed by atoms with Gasteiger partial charge in [-0.05, 0) is 37.8 Å². The molecule has 0 saturated carbocycles. The van der Waals surface area contributed by atoms with Crippen LogP contribution in [0.5, 0.6) is 0 Å². The molecule has 3 aliphatic rings. The van der Waals surface area contributed by atoms with Crippen LogP contribution in [0.1, 0.15) is 24.2 Å². The molecule has 0 bridgehead atoms. The smallest absolute Gasteiger partial charge is 0.340 e. The van der Waals surface area contributed by atoms with E-state index in [0.29, 0.717) is 11.4 Å². The molecule has 4 rings (SSSR count). The Morgan fingerprint density at radius 2 is 1.71 bits per heavy atom. The summed E-state index contributed by atoms with van der Waals surface area (Å²) in [7, 11) is 0. The highest BCUT2D eigenvalue weighted by Gasteiger charge is 2.24. The van der Waals surface area contributed by atoms with Gasteiger partial charge in [-0.25, -0.2) is 9.36 Å². The monoisotopic (exact) mass is 281 g/mol. The number of aromatic nitrogens is 3. The van der Waals surface area contributed by atoms with Crippen LogP contribution in [0.3, 0.4) is 0 Å². The van der Waals surface area contributed by atoms with Crippen molar-refractivity contribution in [2.75, 3.05) is 0 Å². The van der Waals surface area contributed by atoms with Gasteiger partial charge in [-0.1, -0.05) is 18.2 Å².